The van der Waals surface area contributed by atoms with Gasteiger partial charge >= 0.3 is 0 Å². The molecule has 1 aliphatic heterocycles. The van der Waals surface area contributed by atoms with E-state index in [-0.39, 0.29) is 5.91 Å². The summed E-state index contributed by atoms with van der Waals surface area (Å²) in [6.45, 7) is 1.49. The summed E-state index contributed by atoms with van der Waals surface area (Å²) in [5.74, 6) is 0.409. The lowest BCUT2D eigenvalue weighted by atomic mass is 10.2. The predicted octanol–water partition coefficient (Wildman–Crippen LogP) is 2.41. The number of methoxy groups -OCH3 is 1. The van der Waals surface area contributed by atoms with Gasteiger partial charge in [0.2, 0.25) is 10.0 Å². The highest BCUT2D eigenvalue weighted by Crippen LogP contribution is 2.21. The van der Waals surface area contributed by atoms with E-state index in [2.05, 4.69) is 5.32 Å². The molecule has 0 aliphatic carbocycles. The molecule has 3 rings (SSSR count). The average molecular weight is 374 g/mol. The minimum atomic E-state index is -3.41. The fraction of sp³-hybridized carbons (Fsp3) is 0.316. The first kappa shape index (κ1) is 18.4. The van der Waals surface area contributed by atoms with Crippen LogP contribution in [0.2, 0.25) is 0 Å². The molecule has 0 saturated carbocycles. The molecule has 6 nitrogen and oxygen atoms in total. The van der Waals surface area contributed by atoms with Gasteiger partial charge in [-0.2, -0.15) is 4.31 Å². The number of rotatable bonds is 6. The van der Waals surface area contributed by atoms with Crippen molar-refractivity contribution in [3.8, 4) is 5.75 Å². The molecule has 0 radical (unpaired) electrons. The molecule has 1 fully saturated rings. The summed E-state index contributed by atoms with van der Waals surface area (Å²) >= 11 is 0. The molecule has 7 heteroatoms. The van der Waals surface area contributed by atoms with Crippen molar-refractivity contribution in [2.45, 2.75) is 24.3 Å². The van der Waals surface area contributed by atoms with Crippen molar-refractivity contribution >= 4 is 15.9 Å². The Morgan fingerprint density at radius 2 is 1.81 bits per heavy atom. The Balaban J connectivity index is 1.63. The number of amides is 1. The van der Waals surface area contributed by atoms with Crippen LogP contribution in [-0.2, 0) is 16.6 Å². The van der Waals surface area contributed by atoms with Crippen LogP contribution in [0, 0.1) is 0 Å². The number of nitrogens with zero attached hydrogens (tertiary/aromatic N) is 1. The van der Waals surface area contributed by atoms with E-state index in [0.717, 1.165) is 18.4 Å². The van der Waals surface area contributed by atoms with E-state index in [0.29, 0.717) is 35.8 Å². The highest BCUT2D eigenvalue weighted by molar-refractivity contribution is 7.89. The standard InChI is InChI=1S/C19H22N2O4S/c1-25-17-6-4-5-16(13-17)19(22)20-14-15-7-9-18(10-8-15)26(23,24)21-11-2-3-12-21/h4-10,13H,2-3,11-12,14H2,1H3,(H,20,22). The van der Waals surface area contributed by atoms with Crippen molar-refractivity contribution in [2.24, 2.45) is 0 Å². The normalized spacial score (nSPS) is 15.0. The topological polar surface area (TPSA) is 75.7 Å². The lowest BCUT2D eigenvalue weighted by Gasteiger charge is -2.15. The van der Waals surface area contributed by atoms with Crippen LogP contribution >= 0.6 is 0 Å². The Hall–Kier alpha value is -2.38. The highest BCUT2D eigenvalue weighted by Gasteiger charge is 2.26. The summed E-state index contributed by atoms with van der Waals surface area (Å²) < 4.78 is 31.6. The van der Waals surface area contributed by atoms with Gasteiger partial charge in [-0.25, -0.2) is 8.42 Å². The van der Waals surface area contributed by atoms with E-state index >= 15 is 0 Å². The summed E-state index contributed by atoms with van der Waals surface area (Å²) in [4.78, 5) is 12.5. The Labute approximate surface area is 153 Å². The van der Waals surface area contributed by atoms with Gasteiger partial charge in [0.1, 0.15) is 5.75 Å². The molecule has 138 valence electrons. The molecule has 0 unspecified atom stereocenters. The minimum absolute atomic E-state index is 0.210. The second kappa shape index (κ2) is 7.88. The molecule has 1 amide bonds. The Kier molecular flexibility index (Phi) is 5.58. The molecule has 1 heterocycles. The fourth-order valence-corrected chi connectivity index (χ4v) is 4.42. The van der Waals surface area contributed by atoms with Gasteiger partial charge in [0, 0.05) is 25.2 Å². The number of hydrogen-bond acceptors (Lipinski definition) is 4. The summed E-state index contributed by atoms with van der Waals surface area (Å²) in [5.41, 5.74) is 1.35. The molecule has 1 aliphatic rings. The van der Waals surface area contributed by atoms with Crippen LogP contribution in [0.15, 0.2) is 53.4 Å². The van der Waals surface area contributed by atoms with Crippen molar-refractivity contribution in [1.29, 1.82) is 0 Å². The molecule has 0 aromatic heterocycles. The molecular weight excluding hydrogens is 352 g/mol. The van der Waals surface area contributed by atoms with Crippen molar-refractivity contribution in [1.82, 2.24) is 9.62 Å². The van der Waals surface area contributed by atoms with Crippen LogP contribution in [0.25, 0.3) is 0 Å². The maximum absolute atomic E-state index is 12.5. The van der Waals surface area contributed by atoms with Gasteiger partial charge in [0.15, 0.2) is 0 Å². The number of carbonyl (C=O) groups is 1. The van der Waals surface area contributed by atoms with Gasteiger partial charge in [-0.05, 0) is 48.7 Å². The zero-order valence-electron chi connectivity index (χ0n) is 14.6. The zero-order chi connectivity index (χ0) is 18.6. The van der Waals surface area contributed by atoms with Crippen LogP contribution in [0.1, 0.15) is 28.8 Å². The Bertz CT molecular complexity index is 873. The van der Waals surface area contributed by atoms with Gasteiger partial charge in [-0.3, -0.25) is 4.79 Å². The molecule has 1 saturated heterocycles. The zero-order valence-corrected chi connectivity index (χ0v) is 15.5. The van der Waals surface area contributed by atoms with Crippen molar-refractivity contribution in [2.75, 3.05) is 20.2 Å². The van der Waals surface area contributed by atoms with Gasteiger partial charge in [0.05, 0.1) is 12.0 Å². The lowest BCUT2D eigenvalue weighted by Crippen LogP contribution is -2.28. The summed E-state index contributed by atoms with van der Waals surface area (Å²) in [6.07, 6.45) is 1.82. The molecule has 26 heavy (non-hydrogen) atoms. The Morgan fingerprint density at radius 1 is 1.12 bits per heavy atom. The second-order valence-corrected chi connectivity index (χ2v) is 8.11. The third-order valence-electron chi connectivity index (χ3n) is 4.41. The first-order chi connectivity index (χ1) is 12.5. The smallest absolute Gasteiger partial charge is 0.251 e. The van der Waals surface area contributed by atoms with E-state index < -0.39 is 10.0 Å². The van der Waals surface area contributed by atoms with Crippen LogP contribution in [-0.4, -0.2) is 38.8 Å². The van der Waals surface area contributed by atoms with Gasteiger partial charge in [0.25, 0.3) is 5.91 Å². The van der Waals surface area contributed by atoms with Crippen molar-refractivity contribution in [3.63, 3.8) is 0 Å². The third kappa shape index (κ3) is 4.05. The first-order valence-corrected chi connectivity index (χ1v) is 9.96. The molecule has 0 spiro atoms. The lowest BCUT2D eigenvalue weighted by molar-refractivity contribution is 0.0950. The molecule has 1 N–H and O–H groups in total. The molecule has 0 atom stereocenters. The van der Waals surface area contributed by atoms with Gasteiger partial charge < -0.3 is 10.1 Å². The quantitative estimate of drug-likeness (QED) is 0.842. The third-order valence-corrected chi connectivity index (χ3v) is 6.32. The summed E-state index contributed by atoms with van der Waals surface area (Å²) in [6, 6.07) is 13.6. The van der Waals surface area contributed by atoms with E-state index in [1.54, 1.807) is 55.6 Å². The fourth-order valence-electron chi connectivity index (χ4n) is 2.91. The predicted molar refractivity (Wildman–Crippen MR) is 98.6 cm³/mol. The monoisotopic (exact) mass is 374 g/mol. The van der Waals surface area contributed by atoms with Crippen molar-refractivity contribution < 1.29 is 17.9 Å². The Morgan fingerprint density at radius 3 is 2.46 bits per heavy atom. The first-order valence-electron chi connectivity index (χ1n) is 8.52. The molecule has 2 aromatic carbocycles. The van der Waals surface area contributed by atoms with Crippen LogP contribution < -0.4 is 10.1 Å². The second-order valence-electron chi connectivity index (χ2n) is 6.17. The number of benzene rings is 2. The van der Waals surface area contributed by atoms with Gasteiger partial charge in [-0.15, -0.1) is 0 Å². The molecule has 0 bridgehead atoms. The van der Waals surface area contributed by atoms with E-state index in [4.69, 9.17) is 4.74 Å². The molecule has 2 aromatic rings. The van der Waals surface area contributed by atoms with Crippen LogP contribution in [0.3, 0.4) is 0 Å². The average Bonchev–Trinajstić information content (AvgIpc) is 3.22. The minimum Gasteiger partial charge on any atom is -0.497 e. The summed E-state index contributed by atoms with van der Waals surface area (Å²) in [7, 11) is -1.85. The number of carbonyl (C=O) groups excluding carboxylic acids is 1. The van der Waals surface area contributed by atoms with Crippen LogP contribution in [0.4, 0.5) is 0 Å². The number of nitrogens with one attached hydrogen (secondary N) is 1. The maximum Gasteiger partial charge on any atom is 0.251 e. The van der Waals surface area contributed by atoms with Crippen LogP contribution in [0.5, 0.6) is 5.75 Å². The molecular formula is C19H22N2O4S. The summed E-state index contributed by atoms with van der Waals surface area (Å²) in [5, 5.41) is 2.83. The van der Waals surface area contributed by atoms with Crippen molar-refractivity contribution in [3.05, 3.63) is 59.7 Å². The van der Waals surface area contributed by atoms with Gasteiger partial charge in [-0.1, -0.05) is 18.2 Å². The number of sulfonamides is 1. The number of ether oxygens (including phenoxy) is 1. The van der Waals surface area contributed by atoms with E-state index in [1.807, 2.05) is 0 Å². The van der Waals surface area contributed by atoms with E-state index in [1.165, 1.54) is 4.31 Å². The maximum atomic E-state index is 12.5. The largest absolute Gasteiger partial charge is 0.497 e. The van der Waals surface area contributed by atoms with E-state index in [9.17, 15) is 13.2 Å². The SMILES string of the molecule is COc1cccc(C(=O)NCc2ccc(S(=O)(=O)N3CCCC3)cc2)c1. The highest BCUT2D eigenvalue weighted by atomic mass is 32.2. The number of hydrogen-bond donors (Lipinski definition) is 1.